The molecule has 1 aliphatic rings. The molecule has 0 aliphatic heterocycles. The number of hydrogen-bond donors (Lipinski definition) is 1. The van der Waals surface area contributed by atoms with Crippen LogP contribution in [0.3, 0.4) is 0 Å². The van der Waals surface area contributed by atoms with Gasteiger partial charge in [-0.1, -0.05) is 6.92 Å². The lowest BCUT2D eigenvalue weighted by molar-refractivity contribution is 0.188. The zero-order valence-corrected chi connectivity index (χ0v) is 7.41. The minimum atomic E-state index is 0.495. The molecular formula is C9H19N. The lowest BCUT2D eigenvalue weighted by Crippen LogP contribution is -2.51. The van der Waals surface area contributed by atoms with Crippen LogP contribution in [0.1, 0.15) is 46.5 Å². The second-order valence-corrected chi connectivity index (χ2v) is 3.87. The van der Waals surface area contributed by atoms with Crippen molar-refractivity contribution in [2.45, 2.75) is 58.0 Å². The molecule has 0 saturated heterocycles. The van der Waals surface area contributed by atoms with Gasteiger partial charge < -0.3 is 5.32 Å². The highest BCUT2D eigenvalue weighted by atomic mass is 15.0. The fourth-order valence-electron chi connectivity index (χ4n) is 1.55. The van der Waals surface area contributed by atoms with Gasteiger partial charge in [0.2, 0.25) is 0 Å². The smallest absolute Gasteiger partial charge is 0.0155 e. The summed E-state index contributed by atoms with van der Waals surface area (Å²) in [6.07, 6.45) is 5.41. The number of rotatable bonds is 3. The molecule has 0 radical (unpaired) electrons. The average molecular weight is 141 g/mol. The third-order valence-corrected chi connectivity index (χ3v) is 2.66. The Labute approximate surface area is 64.2 Å². The second kappa shape index (κ2) is 2.91. The molecule has 1 atom stereocenters. The van der Waals surface area contributed by atoms with Crippen molar-refractivity contribution in [3.8, 4) is 0 Å². The normalized spacial score (nSPS) is 25.5. The molecule has 1 N–H and O–H groups in total. The predicted molar refractivity (Wildman–Crippen MR) is 45.1 cm³/mol. The first-order chi connectivity index (χ1) is 4.66. The van der Waals surface area contributed by atoms with Crippen molar-refractivity contribution in [3.05, 3.63) is 0 Å². The largest absolute Gasteiger partial charge is 0.309 e. The third kappa shape index (κ3) is 1.72. The molecule has 60 valence electrons. The van der Waals surface area contributed by atoms with Crippen molar-refractivity contribution in [2.75, 3.05) is 0 Å². The van der Waals surface area contributed by atoms with Gasteiger partial charge in [0.25, 0.3) is 0 Å². The summed E-state index contributed by atoms with van der Waals surface area (Å²) in [5, 5.41) is 3.64. The second-order valence-electron chi connectivity index (χ2n) is 3.87. The van der Waals surface area contributed by atoms with Gasteiger partial charge >= 0.3 is 0 Å². The van der Waals surface area contributed by atoms with Crippen LogP contribution in [0.25, 0.3) is 0 Å². The summed E-state index contributed by atoms with van der Waals surface area (Å²) in [4.78, 5) is 0. The van der Waals surface area contributed by atoms with Gasteiger partial charge in [0.15, 0.2) is 0 Å². The Hall–Kier alpha value is -0.0400. The standard InChI is InChI=1S/C9H19N/c1-4-8(2)10-9(3)6-5-7-9/h8,10H,4-7H2,1-3H3. The van der Waals surface area contributed by atoms with Crippen LogP contribution < -0.4 is 5.32 Å². The minimum absolute atomic E-state index is 0.495. The fourth-order valence-corrected chi connectivity index (χ4v) is 1.55. The van der Waals surface area contributed by atoms with Crippen molar-refractivity contribution in [2.24, 2.45) is 0 Å². The highest BCUT2D eigenvalue weighted by Crippen LogP contribution is 2.31. The van der Waals surface area contributed by atoms with Crippen LogP contribution >= 0.6 is 0 Å². The Morgan fingerprint density at radius 1 is 1.50 bits per heavy atom. The molecular weight excluding hydrogens is 122 g/mol. The van der Waals surface area contributed by atoms with Gasteiger partial charge in [-0.2, -0.15) is 0 Å². The molecule has 1 aliphatic carbocycles. The van der Waals surface area contributed by atoms with Gasteiger partial charge in [0, 0.05) is 11.6 Å². The molecule has 1 rings (SSSR count). The first-order valence-electron chi connectivity index (χ1n) is 4.44. The summed E-state index contributed by atoms with van der Waals surface area (Å²) in [5.74, 6) is 0. The SMILES string of the molecule is CCC(C)NC1(C)CCC1. The quantitative estimate of drug-likeness (QED) is 0.636. The summed E-state index contributed by atoms with van der Waals surface area (Å²) in [7, 11) is 0. The van der Waals surface area contributed by atoms with Crippen molar-refractivity contribution in [1.29, 1.82) is 0 Å². The van der Waals surface area contributed by atoms with E-state index in [0.29, 0.717) is 11.6 Å². The van der Waals surface area contributed by atoms with Crippen molar-refractivity contribution in [3.63, 3.8) is 0 Å². The van der Waals surface area contributed by atoms with E-state index in [0.717, 1.165) is 0 Å². The van der Waals surface area contributed by atoms with E-state index in [1.165, 1.54) is 25.7 Å². The zero-order chi connectivity index (χ0) is 7.61. The van der Waals surface area contributed by atoms with Gasteiger partial charge in [-0.25, -0.2) is 0 Å². The van der Waals surface area contributed by atoms with Gasteiger partial charge in [-0.3, -0.25) is 0 Å². The first-order valence-corrected chi connectivity index (χ1v) is 4.44. The summed E-state index contributed by atoms with van der Waals surface area (Å²) < 4.78 is 0. The van der Waals surface area contributed by atoms with E-state index in [1.807, 2.05) is 0 Å². The van der Waals surface area contributed by atoms with E-state index in [4.69, 9.17) is 0 Å². The molecule has 0 heterocycles. The van der Waals surface area contributed by atoms with Crippen LogP contribution in [0, 0.1) is 0 Å². The van der Waals surface area contributed by atoms with Crippen LogP contribution in [0.5, 0.6) is 0 Å². The van der Waals surface area contributed by atoms with Crippen LogP contribution in [-0.4, -0.2) is 11.6 Å². The number of hydrogen-bond acceptors (Lipinski definition) is 1. The molecule has 1 nitrogen and oxygen atoms in total. The molecule has 0 aromatic carbocycles. The molecule has 0 bridgehead atoms. The molecule has 10 heavy (non-hydrogen) atoms. The Kier molecular flexibility index (Phi) is 2.35. The van der Waals surface area contributed by atoms with Crippen molar-refractivity contribution >= 4 is 0 Å². The molecule has 1 heteroatoms. The molecule has 1 fully saturated rings. The average Bonchev–Trinajstić information content (AvgIpc) is 1.84. The van der Waals surface area contributed by atoms with E-state index in [1.54, 1.807) is 0 Å². The lowest BCUT2D eigenvalue weighted by Gasteiger charge is -2.41. The molecule has 0 aromatic rings. The maximum Gasteiger partial charge on any atom is 0.0155 e. The Morgan fingerprint density at radius 2 is 2.10 bits per heavy atom. The molecule has 0 amide bonds. The Bertz CT molecular complexity index is 105. The first kappa shape index (κ1) is 8.06. The molecule has 0 spiro atoms. The molecule has 1 saturated carbocycles. The summed E-state index contributed by atoms with van der Waals surface area (Å²) in [6, 6.07) is 0.699. The summed E-state index contributed by atoms with van der Waals surface area (Å²) in [6.45, 7) is 6.84. The maximum absolute atomic E-state index is 3.64. The molecule has 0 aromatic heterocycles. The number of nitrogens with one attached hydrogen (secondary N) is 1. The summed E-state index contributed by atoms with van der Waals surface area (Å²) >= 11 is 0. The fraction of sp³-hybridized carbons (Fsp3) is 1.00. The van der Waals surface area contributed by atoms with E-state index in [-0.39, 0.29) is 0 Å². The predicted octanol–water partition coefficient (Wildman–Crippen LogP) is 2.32. The van der Waals surface area contributed by atoms with Crippen LogP contribution in [0.15, 0.2) is 0 Å². The molecule has 1 unspecified atom stereocenters. The van der Waals surface area contributed by atoms with Gasteiger partial charge in [-0.15, -0.1) is 0 Å². The topological polar surface area (TPSA) is 12.0 Å². The van der Waals surface area contributed by atoms with Crippen LogP contribution in [-0.2, 0) is 0 Å². The summed E-state index contributed by atoms with van der Waals surface area (Å²) in [5.41, 5.74) is 0.495. The zero-order valence-electron chi connectivity index (χ0n) is 7.41. The monoisotopic (exact) mass is 141 g/mol. The van der Waals surface area contributed by atoms with Crippen molar-refractivity contribution in [1.82, 2.24) is 5.32 Å². The Morgan fingerprint density at radius 3 is 2.40 bits per heavy atom. The van der Waals surface area contributed by atoms with Crippen LogP contribution in [0.2, 0.25) is 0 Å². The van der Waals surface area contributed by atoms with E-state index in [2.05, 4.69) is 26.1 Å². The van der Waals surface area contributed by atoms with Gasteiger partial charge in [0.1, 0.15) is 0 Å². The maximum atomic E-state index is 3.64. The lowest BCUT2D eigenvalue weighted by atomic mass is 9.78. The van der Waals surface area contributed by atoms with E-state index < -0.39 is 0 Å². The van der Waals surface area contributed by atoms with E-state index in [9.17, 15) is 0 Å². The highest BCUT2D eigenvalue weighted by Gasteiger charge is 2.31. The van der Waals surface area contributed by atoms with E-state index >= 15 is 0 Å². The van der Waals surface area contributed by atoms with Gasteiger partial charge in [0.05, 0.1) is 0 Å². The highest BCUT2D eigenvalue weighted by molar-refractivity contribution is 4.92. The Balaban J connectivity index is 2.22. The van der Waals surface area contributed by atoms with Gasteiger partial charge in [-0.05, 0) is 39.5 Å². The van der Waals surface area contributed by atoms with Crippen molar-refractivity contribution < 1.29 is 0 Å². The van der Waals surface area contributed by atoms with Crippen LogP contribution in [0.4, 0.5) is 0 Å². The third-order valence-electron chi connectivity index (χ3n) is 2.66. The minimum Gasteiger partial charge on any atom is -0.309 e.